The molecule has 3 aromatic rings. The molecule has 0 aliphatic carbocycles. The van der Waals surface area contributed by atoms with Crippen LogP contribution in [0.4, 0.5) is 5.69 Å². The largest absolute Gasteiger partial charge is 0.493 e. The number of hydrogen-bond donors (Lipinski definition) is 1. The highest BCUT2D eigenvalue weighted by Gasteiger charge is 2.27. The minimum atomic E-state index is -4.24. The molecular formula is C25H26N2O7S. The molecule has 1 aromatic heterocycles. The first-order valence-electron chi connectivity index (χ1n) is 10.6. The summed E-state index contributed by atoms with van der Waals surface area (Å²) in [6.07, 6.45) is 0. The second kappa shape index (κ2) is 10.1. The Bertz CT molecular complexity index is 1460. The summed E-state index contributed by atoms with van der Waals surface area (Å²) in [5, 5.41) is 2.65. The summed E-state index contributed by atoms with van der Waals surface area (Å²) in [5.41, 5.74) is 0.827. The maximum absolute atomic E-state index is 13.4. The summed E-state index contributed by atoms with van der Waals surface area (Å²) < 4.78 is 38.3. The number of aryl methyl sites for hydroxylation is 2. The maximum Gasteiger partial charge on any atom is 0.270 e. The van der Waals surface area contributed by atoms with Gasteiger partial charge in [0.15, 0.2) is 17.3 Å². The Labute approximate surface area is 203 Å². The van der Waals surface area contributed by atoms with E-state index in [0.717, 1.165) is 4.57 Å². The fourth-order valence-corrected chi connectivity index (χ4v) is 5.23. The summed E-state index contributed by atoms with van der Waals surface area (Å²) >= 11 is 0. The van der Waals surface area contributed by atoms with Crippen LogP contribution in [0, 0.1) is 13.8 Å². The third-order valence-electron chi connectivity index (χ3n) is 5.46. The average molecular weight is 499 g/mol. The number of ketones is 1. The van der Waals surface area contributed by atoms with Crippen LogP contribution in [-0.2, 0) is 21.2 Å². The molecule has 0 saturated carbocycles. The molecule has 0 atom stereocenters. The zero-order valence-corrected chi connectivity index (χ0v) is 20.9. The molecule has 0 spiro atoms. The van der Waals surface area contributed by atoms with Crippen molar-refractivity contribution >= 4 is 27.2 Å². The predicted octanol–water partition coefficient (Wildman–Crippen LogP) is 3.16. The van der Waals surface area contributed by atoms with Crippen molar-refractivity contribution in [3.8, 4) is 11.5 Å². The van der Waals surface area contributed by atoms with Crippen molar-refractivity contribution in [2.45, 2.75) is 37.1 Å². The van der Waals surface area contributed by atoms with Gasteiger partial charge in [0.1, 0.15) is 11.4 Å². The van der Waals surface area contributed by atoms with Crippen molar-refractivity contribution in [3.63, 3.8) is 0 Å². The molecule has 9 nitrogen and oxygen atoms in total. The minimum Gasteiger partial charge on any atom is -0.493 e. The summed E-state index contributed by atoms with van der Waals surface area (Å²) in [5.74, 6) is -0.0802. The number of hydrogen-bond acceptors (Lipinski definition) is 7. The molecule has 0 unspecified atom stereocenters. The quantitative estimate of drug-likeness (QED) is 0.474. The number of sulfone groups is 1. The van der Waals surface area contributed by atoms with Crippen molar-refractivity contribution < 1.29 is 27.5 Å². The third-order valence-corrected chi connectivity index (χ3v) is 7.37. The van der Waals surface area contributed by atoms with Crippen molar-refractivity contribution in [3.05, 3.63) is 75.7 Å². The molecule has 0 aliphatic heterocycles. The zero-order chi connectivity index (χ0) is 25.9. The van der Waals surface area contributed by atoms with E-state index in [4.69, 9.17) is 9.47 Å². The summed E-state index contributed by atoms with van der Waals surface area (Å²) in [6, 6.07) is 11.9. The number of Topliss-reactive ketones (excluding diaryl/α,β-unsaturated/α-hetero) is 1. The van der Waals surface area contributed by atoms with E-state index in [2.05, 4.69) is 5.32 Å². The molecule has 1 heterocycles. The first-order valence-corrected chi connectivity index (χ1v) is 12.1. The Balaban J connectivity index is 1.97. The number of methoxy groups -OCH3 is 2. The van der Waals surface area contributed by atoms with Gasteiger partial charge < -0.3 is 19.4 Å². The van der Waals surface area contributed by atoms with Crippen LogP contribution in [0.15, 0.2) is 63.1 Å². The number of nitrogens with zero attached hydrogens (tertiary/aromatic N) is 1. The van der Waals surface area contributed by atoms with Crippen molar-refractivity contribution in [1.82, 2.24) is 4.57 Å². The van der Waals surface area contributed by atoms with Crippen molar-refractivity contribution in [2.75, 3.05) is 19.5 Å². The lowest BCUT2D eigenvalue weighted by atomic mass is 10.1. The molecule has 0 fully saturated rings. The topological polar surface area (TPSA) is 121 Å². The highest BCUT2D eigenvalue weighted by atomic mass is 32.2. The van der Waals surface area contributed by atoms with Crippen LogP contribution in [0.5, 0.6) is 11.5 Å². The van der Waals surface area contributed by atoms with Crippen LogP contribution in [0.3, 0.4) is 0 Å². The normalized spacial score (nSPS) is 11.1. The number of benzene rings is 2. The van der Waals surface area contributed by atoms with E-state index in [9.17, 15) is 22.8 Å². The SMILES string of the molecule is COc1ccc(S(=O)(=O)c2c(C)cc(C)n(CC(=O)Nc3ccc(C(C)=O)cc3)c2=O)cc1OC. The van der Waals surface area contributed by atoms with Gasteiger partial charge in [0.25, 0.3) is 5.56 Å². The van der Waals surface area contributed by atoms with Gasteiger partial charge in [0.05, 0.1) is 19.1 Å². The Morgan fingerprint density at radius 3 is 2.14 bits per heavy atom. The smallest absolute Gasteiger partial charge is 0.270 e. The van der Waals surface area contributed by atoms with E-state index < -0.39 is 32.7 Å². The van der Waals surface area contributed by atoms with Crippen LogP contribution in [0.2, 0.25) is 0 Å². The van der Waals surface area contributed by atoms with Gasteiger partial charge in [0, 0.05) is 23.0 Å². The lowest BCUT2D eigenvalue weighted by molar-refractivity contribution is -0.116. The van der Waals surface area contributed by atoms with Gasteiger partial charge in [-0.2, -0.15) is 0 Å². The number of pyridine rings is 1. The highest BCUT2D eigenvalue weighted by Crippen LogP contribution is 2.32. The number of ether oxygens (including phenoxy) is 2. The third kappa shape index (κ3) is 5.27. The van der Waals surface area contributed by atoms with Gasteiger partial charge in [-0.15, -0.1) is 0 Å². The molecule has 1 amide bonds. The number of carbonyl (C=O) groups is 2. The van der Waals surface area contributed by atoms with E-state index in [-0.39, 0.29) is 22.0 Å². The van der Waals surface area contributed by atoms with Gasteiger partial charge in [-0.25, -0.2) is 8.42 Å². The van der Waals surface area contributed by atoms with Gasteiger partial charge in [-0.1, -0.05) is 0 Å². The predicted molar refractivity (Wildman–Crippen MR) is 130 cm³/mol. The van der Waals surface area contributed by atoms with Crippen LogP contribution in [0.1, 0.15) is 28.5 Å². The van der Waals surface area contributed by atoms with E-state index in [1.54, 1.807) is 37.3 Å². The summed E-state index contributed by atoms with van der Waals surface area (Å²) in [4.78, 5) is 36.8. The Morgan fingerprint density at radius 1 is 0.943 bits per heavy atom. The zero-order valence-electron chi connectivity index (χ0n) is 20.0. The lowest BCUT2D eigenvalue weighted by Gasteiger charge is -2.16. The number of amides is 1. The van der Waals surface area contributed by atoms with Crippen molar-refractivity contribution in [1.29, 1.82) is 0 Å². The number of nitrogens with one attached hydrogen (secondary N) is 1. The minimum absolute atomic E-state index is 0.104. The Kier molecular flexibility index (Phi) is 7.45. The van der Waals surface area contributed by atoms with Crippen LogP contribution >= 0.6 is 0 Å². The first kappa shape index (κ1) is 25.7. The van der Waals surface area contributed by atoms with Gasteiger partial charge >= 0.3 is 0 Å². The first-order chi connectivity index (χ1) is 16.5. The van der Waals surface area contributed by atoms with E-state index in [0.29, 0.717) is 22.7 Å². The molecule has 184 valence electrons. The number of aromatic nitrogens is 1. The molecule has 0 radical (unpaired) electrons. The van der Waals surface area contributed by atoms with E-state index in [1.807, 2.05) is 0 Å². The van der Waals surface area contributed by atoms with Gasteiger partial charge in [-0.05, 0) is 68.8 Å². The highest BCUT2D eigenvalue weighted by molar-refractivity contribution is 7.91. The fraction of sp³-hybridized carbons (Fsp3) is 0.240. The lowest BCUT2D eigenvalue weighted by Crippen LogP contribution is -2.33. The molecular weight excluding hydrogens is 472 g/mol. The summed E-state index contributed by atoms with van der Waals surface area (Å²) in [7, 11) is -1.43. The Morgan fingerprint density at radius 2 is 1.57 bits per heavy atom. The van der Waals surface area contributed by atoms with Gasteiger partial charge in [0.2, 0.25) is 15.7 Å². The van der Waals surface area contributed by atoms with Crippen LogP contribution in [-0.4, -0.2) is 38.9 Å². The van der Waals surface area contributed by atoms with Crippen LogP contribution < -0.4 is 20.3 Å². The van der Waals surface area contributed by atoms with E-state index in [1.165, 1.54) is 46.3 Å². The molecule has 10 heteroatoms. The average Bonchev–Trinajstić information content (AvgIpc) is 2.81. The molecule has 3 rings (SSSR count). The monoisotopic (exact) mass is 498 g/mol. The van der Waals surface area contributed by atoms with E-state index >= 15 is 0 Å². The summed E-state index contributed by atoms with van der Waals surface area (Å²) in [6.45, 7) is 4.20. The Hall–Kier alpha value is -3.92. The number of rotatable bonds is 8. The van der Waals surface area contributed by atoms with Gasteiger partial charge in [-0.3, -0.25) is 14.4 Å². The number of carbonyl (C=O) groups excluding carboxylic acids is 2. The molecule has 0 saturated heterocycles. The molecule has 35 heavy (non-hydrogen) atoms. The second-order valence-corrected chi connectivity index (χ2v) is 9.78. The molecule has 0 bridgehead atoms. The van der Waals surface area contributed by atoms with Crippen LogP contribution in [0.25, 0.3) is 0 Å². The molecule has 2 aromatic carbocycles. The molecule has 1 N–H and O–H groups in total. The number of anilines is 1. The standard InChI is InChI=1S/C25H26N2O7S/c1-15-12-16(2)27(14-23(29)26-19-8-6-18(7-9-19)17(3)28)25(30)24(15)35(31,32)20-10-11-21(33-4)22(13-20)34-5/h6-13H,14H2,1-5H3,(H,26,29). The molecule has 0 aliphatic rings. The van der Waals surface area contributed by atoms with Crippen molar-refractivity contribution in [2.24, 2.45) is 0 Å². The second-order valence-electron chi connectivity index (χ2n) is 7.89. The maximum atomic E-state index is 13.4. The fourth-order valence-electron chi connectivity index (χ4n) is 3.67.